The summed E-state index contributed by atoms with van der Waals surface area (Å²) in [6, 6.07) is 3.72. The van der Waals surface area contributed by atoms with Gasteiger partial charge in [-0.3, -0.25) is 10.1 Å². The SMILES string of the molecule is COC1CN(c2ccc(S(N)(=O)=O)cc2[N+](=O)[O-])CCC1C. The largest absolute Gasteiger partial charge is 0.379 e. The van der Waals surface area contributed by atoms with Gasteiger partial charge in [-0.15, -0.1) is 0 Å². The van der Waals surface area contributed by atoms with Gasteiger partial charge in [-0.05, 0) is 24.5 Å². The first kappa shape index (κ1) is 16.7. The molecule has 1 aromatic carbocycles. The summed E-state index contributed by atoms with van der Waals surface area (Å²) in [4.78, 5) is 12.3. The zero-order valence-corrected chi connectivity index (χ0v) is 13.2. The summed E-state index contributed by atoms with van der Waals surface area (Å²) in [5.74, 6) is 0.365. The fourth-order valence-electron chi connectivity index (χ4n) is 2.65. The second-order valence-electron chi connectivity index (χ2n) is 5.44. The van der Waals surface area contributed by atoms with E-state index in [1.807, 2.05) is 4.90 Å². The standard InChI is InChI=1S/C13H19N3O5S/c1-9-5-6-15(8-13(9)21-2)11-4-3-10(22(14,19)20)7-12(11)16(17)18/h3-4,7,9,13H,5-6,8H2,1-2H3,(H2,14,19,20). The molecule has 122 valence electrons. The Morgan fingerprint density at radius 2 is 2.14 bits per heavy atom. The van der Waals surface area contributed by atoms with Crippen LogP contribution in [0, 0.1) is 16.0 Å². The Hall–Kier alpha value is -1.71. The van der Waals surface area contributed by atoms with Gasteiger partial charge in [-0.2, -0.15) is 0 Å². The molecule has 8 nitrogen and oxygen atoms in total. The predicted molar refractivity (Wildman–Crippen MR) is 81.3 cm³/mol. The number of nitrogens with two attached hydrogens (primary N) is 1. The second-order valence-corrected chi connectivity index (χ2v) is 7.00. The molecule has 22 heavy (non-hydrogen) atoms. The average Bonchev–Trinajstić information content (AvgIpc) is 2.46. The number of nitro groups is 1. The first-order valence-corrected chi connectivity index (χ1v) is 8.37. The Morgan fingerprint density at radius 3 is 2.68 bits per heavy atom. The number of rotatable bonds is 4. The molecule has 1 heterocycles. The van der Waals surface area contributed by atoms with Crippen molar-refractivity contribution < 1.29 is 18.1 Å². The molecule has 1 aliphatic rings. The minimum atomic E-state index is -3.98. The molecule has 0 spiro atoms. The Balaban J connectivity index is 2.41. The van der Waals surface area contributed by atoms with Crippen LogP contribution in [0.25, 0.3) is 0 Å². The molecule has 1 fully saturated rings. The summed E-state index contributed by atoms with van der Waals surface area (Å²) in [5, 5.41) is 16.3. The number of hydrogen-bond donors (Lipinski definition) is 1. The van der Waals surface area contributed by atoms with Gasteiger partial charge in [0, 0.05) is 26.3 Å². The van der Waals surface area contributed by atoms with Gasteiger partial charge >= 0.3 is 0 Å². The molecule has 9 heteroatoms. The lowest BCUT2D eigenvalue weighted by Crippen LogP contribution is -2.44. The number of ether oxygens (including phenoxy) is 1. The normalized spacial score (nSPS) is 22.6. The molecule has 1 saturated heterocycles. The number of piperidine rings is 1. The fraction of sp³-hybridized carbons (Fsp3) is 0.538. The highest BCUT2D eigenvalue weighted by molar-refractivity contribution is 7.89. The van der Waals surface area contributed by atoms with Crippen LogP contribution in [-0.4, -0.2) is 39.6 Å². The lowest BCUT2D eigenvalue weighted by atomic mass is 9.95. The molecule has 0 amide bonds. The maximum Gasteiger partial charge on any atom is 0.293 e. The van der Waals surface area contributed by atoms with Crippen LogP contribution in [0.15, 0.2) is 23.1 Å². The van der Waals surface area contributed by atoms with Crippen molar-refractivity contribution in [3.63, 3.8) is 0 Å². The molecule has 0 saturated carbocycles. The first-order chi connectivity index (χ1) is 10.2. The maximum absolute atomic E-state index is 11.4. The van der Waals surface area contributed by atoms with Crippen molar-refractivity contribution in [2.75, 3.05) is 25.1 Å². The average molecular weight is 329 g/mol. The molecule has 2 N–H and O–H groups in total. The molecule has 0 radical (unpaired) electrons. The topological polar surface area (TPSA) is 116 Å². The fourth-order valence-corrected chi connectivity index (χ4v) is 3.19. The highest BCUT2D eigenvalue weighted by Crippen LogP contribution is 2.33. The predicted octanol–water partition coefficient (Wildman–Crippen LogP) is 1.10. The number of nitro benzene ring substituents is 1. The van der Waals surface area contributed by atoms with E-state index in [1.165, 1.54) is 12.1 Å². The highest BCUT2D eigenvalue weighted by Gasteiger charge is 2.30. The number of sulfonamides is 1. The van der Waals surface area contributed by atoms with E-state index in [0.717, 1.165) is 12.5 Å². The molecule has 0 aliphatic carbocycles. The summed E-state index contributed by atoms with van der Waals surface area (Å²) < 4.78 is 28.1. The van der Waals surface area contributed by atoms with Crippen molar-refractivity contribution in [1.82, 2.24) is 0 Å². The van der Waals surface area contributed by atoms with Crippen molar-refractivity contribution in [3.05, 3.63) is 28.3 Å². The van der Waals surface area contributed by atoms with E-state index in [1.54, 1.807) is 7.11 Å². The summed E-state index contributed by atoms with van der Waals surface area (Å²) in [5.41, 5.74) is 0.113. The zero-order valence-electron chi connectivity index (χ0n) is 12.4. The molecular weight excluding hydrogens is 310 g/mol. The maximum atomic E-state index is 11.4. The van der Waals surface area contributed by atoms with Gasteiger partial charge < -0.3 is 9.64 Å². The minimum absolute atomic E-state index is 0.0220. The molecule has 1 aliphatic heterocycles. The zero-order chi connectivity index (χ0) is 16.5. The molecule has 0 aromatic heterocycles. The molecular formula is C13H19N3O5S. The van der Waals surface area contributed by atoms with Crippen LogP contribution in [0.2, 0.25) is 0 Å². The summed E-state index contributed by atoms with van der Waals surface area (Å²) >= 11 is 0. The number of anilines is 1. The van der Waals surface area contributed by atoms with Gasteiger partial charge in [0.15, 0.2) is 0 Å². The van der Waals surface area contributed by atoms with Crippen molar-refractivity contribution in [2.45, 2.75) is 24.3 Å². The minimum Gasteiger partial charge on any atom is -0.379 e. The van der Waals surface area contributed by atoms with Crippen molar-refractivity contribution >= 4 is 21.4 Å². The van der Waals surface area contributed by atoms with Crippen LogP contribution in [0.3, 0.4) is 0 Å². The van der Waals surface area contributed by atoms with Gasteiger partial charge in [-0.1, -0.05) is 6.92 Å². The number of methoxy groups -OCH3 is 1. The lowest BCUT2D eigenvalue weighted by Gasteiger charge is -2.37. The number of primary sulfonamides is 1. The van der Waals surface area contributed by atoms with Crippen molar-refractivity contribution in [3.8, 4) is 0 Å². The number of hydrogen-bond acceptors (Lipinski definition) is 6. The van der Waals surface area contributed by atoms with Crippen LogP contribution in [0.5, 0.6) is 0 Å². The molecule has 0 bridgehead atoms. The summed E-state index contributed by atoms with van der Waals surface area (Å²) in [6.45, 7) is 3.24. The van der Waals surface area contributed by atoms with Crippen molar-refractivity contribution in [2.24, 2.45) is 11.1 Å². The van der Waals surface area contributed by atoms with Gasteiger partial charge in [0.1, 0.15) is 5.69 Å². The number of nitrogens with zero attached hydrogens (tertiary/aromatic N) is 2. The third-order valence-corrected chi connectivity index (χ3v) is 4.92. The van der Waals surface area contributed by atoms with E-state index < -0.39 is 14.9 Å². The molecule has 1 aromatic rings. The van der Waals surface area contributed by atoms with E-state index in [4.69, 9.17) is 9.88 Å². The van der Waals surface area contributed by atoms with E-state index in [-0.39, 0.29) is 16.7 Å². The third kappa shape index (κ3) is 3.37. The van der Waals surface area contributed by atoms with Crippen LogP contribution in [0.1, 0.15) is 13.3 Å². The van der Waals surface area contributed by atoms with E-state index in [2.05, 4.69) is 6.92 Å². The van der Waals surface area contributed by atoms with E-state index >= 15 is 0 Å². The van der Waals surface area contributed by atoms with Gasteiger partial charge in [0.05, 0.1) is 15.9 Å². The van der Waals surface area contributed by atoms with E-state index in [0.29, 0.717) is 24.7 Å². The Bertz CT molecular complexity index is 676. The van der Waals surface area contributed by atoms with Crippen LogP contribution >= 0.6 is 0 Å². The van der Waals surface area contributed by atoms with Gasteiger partial charge in [0.25, 0.3) is 5.69 Å². The Morgan fingerprint density at radius 1 is 1.45 bits per heavy atom. The lowest BCUT2D eigenvalue weighted by molar-refractivity contribution is -0.384. The quantitative estimate of drug-likeness (QED) is 0.653. The monoisotopic (exact) mass is 329 g/mol. The van der Waals surface area contributed by atoms with Crippen LogP contribution < -0.4 is 10.0 Å². The molecule has 2 unspecified atom stereocenters. The molecule has 2 rings (SSSR count). The molecule has 2 atom stereocenters. The summed E-state index contributed by atoms with van der Waals surface area (Å²) in [7, 11) is -2.36. The van der Waals surface area contributed by atoms with Crippen LogP contribution in [-0.2, 0) is 14.8 Å². The smallest absolute Gasteiger partial charge is 0.293 e. The van der Waals surface area contributed by atoms with Gasteiger partial charge in [-0.25, -0.2) is 13.6 Å². The van der Waals surface area contributed by atoms with Gasteiger partial charge in [0.2, 0.25) is 10.0 Å². The Labute approximate surface area is 129 Å². The van der Waals surface area contributed by atoms with E-state index in [9.17, 15) is 18.5 Å². The second kappa shape index (κ2) is 6.19. The Kier molecular flexibility index (Phi) is 4.69. The third-order valence-electron chi connectivity index (χ3n) is 4.00. The first-order valence-electron chi connectivity index (χ1n) is 6.83. The summed E-state index contributed by atoms with van der Waals surface area (Å²) in [6.07, 6.45) is 0.818. The number of benzene rings is 1. The van der Waals surface area contributed by atoms with Crippen LogP contribution in [0.4, 0.5) is 11.4 Å². The van der Waals surface area contributed by atoms with Crippen molar-refractivity contribution in [1.29, 1.82) is 0 Å². The highest BCUT2D eigenvalue weighted by atomic mass is 32.2.